The molecule has 0 unspecified atom stereocenters. The van der Waals surface area contributed by atoms with Gasteiger partial charge in [-0.1, -0.05) is 36.4 Å². The van der Waals surface area contributed by atoms with E-state index in [0.717, 1.165) is 41.8 Å². The predicted octanol–water partition coefficient (Wildman–Crippen LogP) is 4.57. The van der Waals surface area contributed by atoms with E-state index in [1.165, 1.54) is 22.7 Å². The van der Waals surface area contributed by atoms with Crippen molar-refractivity contribution >= 4 is 83.5 Å². The van der Waals surface area contributed by atoms with Crippen LogP contribution in [0.2, 0.25) is 0 Å². The molecule has 8 rings (SSSR count). The number of thiophene rings is 2. The highest BCUT2D eigenvalue weighted by Crippen LogP contribution is 2.34. The van der Waals surface area contributed by atoms with E-state index in [0.29, 0.717) is 64.2 Å². The van der Waals surface area contributed by atoms with Gasteiger partial charge in [0.05, 0.1) is 30.9 Å². The topological polar surface area (TPSA) is 139 Å². The first-order chi connectivity index (χ1) is 23.4. The zero-order chi connectivity index (χ0) is 33.5. The van der Waals surface area contributed by atoms with Crippen LogP contribution in [-0.4, -0.2) is 74.8 Å². The number of fused-ring (bicyclic) bond motifs is 2. The first-order valence-corrected chi connectivity index (χ1v) is 17.7. The fourth-order valence-corrected chi connectivity index (χ4v) is 7.42. The molecular weight excluding hydrogens is 721 g/mol. The van der Waals surface area contributed by atoms with Crippen molar-refractivity contribution in [1.82, 2.24) is 4.98 Å². The predicted molar refractivity (Wildman–Crippen MR) is 194 cm³/mol. The summed E-state index contributed by atoms with van der Waals surface area (Å²) in [7, 11) is -1.34. The molecule has 248 valence electrons. The van der Waals surface area contributed by atoms with E-state index in [2.05, 4.69) is 25.8 Å². The largest absolute Gasteiger partial charge is 0.488 e. The van der Waals surface area contributed by atoms with Crippen LogP contribution in [0.3, 0.4) is 0 Å². The van der Waals surface area contributed by atoms with Crippen molar-refractivity contribution in [3.63, 3.8) is 0 Å². The molecule has 2 fully saturated rings. The highest BCUT2D eigenvalue weighted by molar-refractivity contribution is 9.10. The molecule has 15 heteroatoms. The Bertz CT molecular complexity index is 2060. The maximum atomic E-state index is 12.4. The lowest BCUT2D eigenvalue weighted by atomic mass is 9.81. The molecule has 2 aliphatic heterocycles. The maximum absolute atomic E-state index is 12.4. The van der Waals surface area contributed by atoms with E-state index in [1.807, 2.05) is 33.9 Å². The van der Waals surface area contributed by atoms with Gasteiger partial charge in [-0.15, -0.1) is 22.7 Å². The third-order valence-corrected chi connectivity index (χ3v) is 10.4. The number of ether oxygens (including phenoxy) is 2. The summed E-state index contributed by atoms with van der Waals surface area (Å²) in [5.41, 5.74) is 3.70. The molecule has 7 heterocycles. The van der Waals surface area contributed by atoms with E-state index >= 15 is 0 Å². The van der Waals surface area contributed by atoms with Crippen molar-refractivity contribution in [1.29, 1.82) is 0 Å². The van der Waals surface area contributed by atoms with E-state index in [9.17, 15) is 9.59 Å². The van der Waals surface area contributed by atoms with Gasteiger partial charge in [-0.2, -0.15) is 0 Å². The average molecular weight is 752 g/mol. The standard InChI is InChI=1S/C16H14N2O3S.C11H10BrNO3S.C6H7BO2/c19-13-8-14(18-4-6-20-7-5-18)21-15-12(10-22-16(13)15)11-2-1-3-17-9-11;12-7-6-17-11-8(14)5-9(16-10(7)11)13-1-3-15-4-2-13;8-7(9)6-4-2-1-3-5-6/h1-3,8-10H,4-7H2;5-6H,1-4H2;1-5,8-9H. The number of halogens is 1. The van der Waals surface area contributed by atoms with Crippen LogP contribution >= 0.6 is 38.6 Å². The summed E-state index contributed by atoms with van der Waals surface area (Å²) >= 11 is 6.21. The molecule has 2 aliphatic rings. The third kappa shape index (κ3) is 8.06. The summed E-state index contributed by atoms with van der Waals surface area (Å²) in [5, 5.41) is 21.0. The Morgan fingerprint density at radius 3 is 1.85 bits per heavy atom. The SMILES string of the molecule is O=c1cc(N2CCOCC2)oc2c(-c3cccnc3)csc12.O=c1cc(N2CCOCC2)oc2c(Br)csc12.OB(O)c1ccccc1. The van der Waals surface area contributed by atoms with Crippen molar-refractivity contribution in [2.75, 3.05) is 62.4 Å². The lowest BCUT2D eigenvalue weighted by molar-refractivity contribution is 0.120. The minimum Gasteiger partial charge on any atom is -0.439 e. The second-order valence-electron chi connectivity index (χ2n) is 10.7. The lowest BCUT2D eigenvalue weighted by Gasteiger charge is -2.27. The number of pyridine rings is 1. The smallest absolute Gasteiger partial charge is 0.439 e. The van der Waals surface area contributed by atoms with Crippen molar-refractivity contribution in [2.45, 2.75) is 0 Å². The summed E-state index contributed by atoms with van der Waals surface area (Å²) in [6.45, 7) is 5.65. The van der Waals surface area contributed by atoms with Gasteiger partial charge in [0, 0.05) is 72.6 Å². The second-order valence-corrected chi connectivity index (χ2v) is 13.3. The van der Waals surface area contributed by atoms with Crippen molar-refractivity contribution in [3.8, 4) is 11.1 Å². The Labute approximate surface area is 291 Å². The molecule has 0 spiro atoms. The molecule has 1 aromatic carbocycles. The fourth-order valence-electron chi connectivity index (χ4n) is 5.06. The summed E-state index contributed by atoms with van der Waals surface area (Å²) in [4.78, 5) is 32.5. The molecule has 0 saturated carbocycles. The zero-order valence-electron chi connectivity index (χ0n) is 25.6. The van der Waals surface area contributed by atoms with Crippen LogP contribution < -0.4 is 26.1 Å². The molecule has 0 bridgehead atoms. The van der Waals surface area contributed by atoms with Crippen LogP contribution in [0.4, 0.5) is 11.8 Å². The van der Waals surface area contributed by atoms with Crippen LogP contribution in [0.25, 0.3) is 31.7 Å². The quantitative estimate of drug-likeness (QED) is 0.245. The first-order valence-electron chi connectivity index (χ1n) is 15.1. The van der Waals surface area contributed by atoms with Crippen LogP contribution in [0.1, 0.15) is 0 Å². The summed E-state index contributed by atoms with van der Waals surface area (Å²) in [6.07, 6.45) is 3.51. The minimum absolute atomic E-state index is 0.00267. The number of hydrogen-bond acceptors (Lipinski definition) is 13. The number of anilines is 2. The Balaban J connectivity index is 0.000000137. The van der Waals surface area contributed by atoms with Gasteiger partial charge in [0.2, 0.25) is 10.9 Å². The second kappa shape index (κ2) is 16.0. The lowest BCUT2D eigenvalue weighted by Crippen LogP contribution is -2.36. The van der Waals surface area contributed by atoms with Gasteiger partial charge in [0.15, 0.2) is 22.9 Å². The Hall–Kier alpha value is -3.83. The number of rotatable bonds is 4. The number of hydrogen-bond donors (Lipinski definition) is 2. The number of aromatic nitrogens is 1. The van der Waals surface area contributed by atoms with E-state index in [1.54, 1.807) is 48.8 Å². The van der Waals surface area contributed by atoms with Gasteiger partial charge < -0.3 is 38.2 Å². The Morgan fingerprint density at radius 2 is 1.31 bits per heavy atom. The van der Waals surface area contributed by atoms with Gasteiger partial charge in [-0.3, -0.25) is 14.6 Å². The molecule has 0 atom stereocenters. The highest BCUT2D eigenvalue weighted by atomic mass is 79.9. The van der Waals surface area contributed by atoms with Gasteiger partial charge in [0.25, 0.3) is 0 Å². The number of morpholine rings is 2. The van der Waals surface area contributed by atoms with E-state index < -0.39 is 7.12 Å². The molecule has 48 heavy (non-hydrogen) atoms. The molecule has 11 nitrogen and oxygen atoms in total. The van der Waals surface area contributed by atoms with E-state index in [-0.39, 0.29) is 10.9 Å². The van der Waals surface area contributed by atoms with Gasteiger partial charge >= 0.3 is 7.12 Å². The van der Waals surface area contributed by atoms with Crippen LogP contribution in [0.15, 0.2) is 101 Å². The van der Waals surface area contributed by atoms with Gasteiger partial charge in [0.1, 0.15) is 9.40 Å². The zero-order valence-corrected chi connectivity index (χ0v) is 28.8. The van der Waals surface area contributed by atoms with Crippen molar-refractivity contribution in [2.24, 2.45) is 0 Å². The Morgan fingerprint density at radius 1 is 0.750 bits per heavy atom. The average Bonchev–Trinajstić information content (AvgIpc) is 3.74. The van der Waals surface area contributed by atoms with Gasteiger partial charge in [-0.25, -0.2) is 0 Å². The van der Waals surface area contributed by atoms with Crippen LogP contribution in [-0.2, 0) is 9.47 Å². The van der Waals surface area contributed by atoms with Crippen molar-refractivity contribution in [3.05, 3.63) is 103 Å². The molecule has 2 saturated heterocycles. The summed E-state index contributed by atoms with van der Waals surface area (Å²) in [5.74, 6) is 1.24. The third-order valence-electron chi connectivity index (χ3n) is 7.53. The number of nitrogens with zero attached hydrogens (tertiary/aromatic N) is 3. The molecule has 5 aromatic heterocycles. The fraction of sp³-hybridized carbons (Fsp3) is 0.242. The molecule has 0 amide bonds. The molecule has 0 aliphatic carbocycles. The molecule has 6 aromatic rings. The molecule has 2 N–H and O–H groups in total. The van der Waals surface area contributed by atoms with E-state index in [4.69, 9.17) is 28.4 Å². The summed E-state index contributed by atoms with van der Waals surface area (Å²) < 4.78 is 24.6. The van der Waals surface area contributed by atoms with Crippen molar-refractivity contribution < 1.29 is 28.4 Å². The summed E-state index contributed by atoms with van der Waals surface area (Å²) in [6, 6.07) is 15.6. The first kappa shape index (κ1) is 34.1. The highest BCUT2D eigenvalue weighted by Gasteiger charge is 2.19. The molecular formula is C33H31BBrN3O8S2. The monoisotopic (exact) mass is 751 g/mol. The maximum Gasteiger partial charge on any atom is 0.488 e. The number of benzene rings is 1. The van der Waals surface area contributed by atoms with Crippen LogP contribution in [0, 0.1) is 0 Å². The van der Waals surface area contributed by atoms with Crippen LogP contribution in [0.5, 0.6) is 0 Å². The molecule has 0 radical (unpaired) electrons. The normalized spacial score (nSPS) is 14.6. The Kier molecular flexibility index (Phi) is 11.4. The minimum atomic E-state index is -1.34. The van der Waals surface area contributed by atoms with Gasteiger partial charge in [-0.05, 0) is 27.5 Å².